The normalized spacial score (nSPS) is 11.9. The molecule has 0 saturated heterocycles. The Bertz CT molecular complexity index is 1130. The molecule has 0 fully saturated rings. The fourth-order valence-electron chi connectivity index (χ4n) is 3.45. The van der Waals surface area contributed by atoms with Crippen molar-refractivity contribution in [1.29, 1.82) is 0 Å². The second kappa shape index (κ2) is 6.39. The lowest BCUT2D eigenvalue weighted by atomic mass is 10.1. The fourth-order valence-corrected chi connectivity index (χ4v) is 3.45. The number of hydrogen-bond donors (Lipinski definition) is 1. The number of aromatic nitrogens is 3. The van der Waals surface area contributed by atoms with Gasteiger partial charge in [0.2, 0.25) is 12.1 Å². The second-order valence-corrected chi connectivity index (χ2v) is 6.50. The van der Waals surface area contributed by atoms with E-state index in [-0.39, 0.29) is 23.5 Å². The maximum atomic E-state index is 12.5. The first-order valence-corrected chi connectivity index (χ1v) is 8.61. The lowest BCUT2D eigenvalue weighted by Crippen LogP contribution is -2.14. The first-order chi connectivity index (χ1) is 13.0. The topological polar surface area (TPSA) is 96.8 Å². The van der Waals surface area contributed by atoms with Gasteiger partial charge in [0.05, 0.1) is 18.0 Å². The average molecular weight is 366 g/mol. The third-order valence-corrected chi connectivity index (χ3v) is 4.62. The number of carbonyl (C=O) groups is 2. The molecule has 0 atom stereocenters. The Labute approximate surface area is 154 Å². The quantitative estimate of drug-likeness (QED) is 0.425. The highest BCUT2D eigenvalue weighted by Gasteiger charge is 2.25. The maximum Gasteiger partial charge on any atom is 0.358 e. The van der Waals surface area contributed by atoms with Crippen LogP contribution in [0.15, 0.2) is 29.2 Å². The van der Waals surface area contributed by atoms with Crippen LogP contribution in [0.4, 0.5) is 0 Å². The zero-order chi connectivity index (χ0) is 19.1. The number of ether oxygens (including phenoxy) is 1. The zero-order valence-corrected chi connectivity index (χ0v) is 15.0. The van der Waals surface area contributed by atoms with Crippen molar-refractivity contribution in [3.8, 4) is 11.3 Å². The third-order valence-electron chi connectivity index (χ3n) is 4.62. The van der Waals surface area contributed by atoms with Crippen molar-refractivity contribution < 1.29 is 14.3 Å². The summed E-state index contributed by atoms with van der Waals surface area (Å²) in [6, 6.07) is 5.91. The fraction of sp³-hybridized carbons (Fsp3) is 0.263. The number of aromatic amines is 1. The number of benzene rings is 1. The predicted molar refractivity (Wildman–Crippen MR) is 97.5 cm³/mol. The molecule has 8 nitrogen and oxygen atoms in total. The Morgan fingerprint density at radius 3 is 3.00 bits per heavy atom. The Morgan fingerprint density at radius 1 is 1.44 bits per heavy atom. The lowest BCUT2D eigenvalue weighted by Gasteiger charge is -2.11. The minimum Gasteiger partial charge on any atom is -0.461 e. The highest BCUT2D eigenvalue weighted by Crippen LogP contribution is 2.35. The molecule has 8 heteroatoms. The van der Waals surface area contributed by atoms with Gasteiger partial charge in [0.1, 0.15) is 0 Å². The summed E-state index contributed by atoms with van der Waals surface area (Å²) in [6.07, 6.45) is 2.93. The summed E-state index contributed by atoms with van der Waals surface area (Å²) in [5.74, 6) is -0.552. The van der Waals surface area contributed by atoms with Crippen molar-refractivity contribution in [1.82, 2.24) is 19.3 Å². The first-order valence-electron chi connectivity index (χ1n) is 8.61. The number of fused-ring (bicyclic) bond motifs is 5. The van der Waals surface area contributed by atoms with Gasteiger partial charge in [-0.1, -0.05) is 18.2 Å². The van der Waals surface area contributed by atoms with Gasteiger partial charge in [-0.3, -0.25) is 14.0 Å². The van der Waals surface area contributed by atoms with Gasteiger partial charge in [0.25, 0.3) is 5.56 Å². The Kier molecular flexibility index (Phi) is 4.02. The molecule has 1 aliphatic carbocycles. The average Bonchev–Trinajstić information content (AvgIpc) is 3.24. The molecule has 0 radical (unpaired) electrons. The largest absolute Gasteiger partial charge is 0.461 e. The summed E-state index contributed by atoms with van der Waals surface area (Å²) >= 11 is 0. The Balaban J connectivity index is 1.79. The van der Waals surface area contributed by atoms with E-state index in [4.69, 9.17) is 4.74 Å². The van der Waals surface area contributed by atoms with Gasteiger partial charge < -0.3 is 14.6 Å². The molecule has 0 bridgehead atoms. The van der Waals surface area contributed by atoms with E-state index >= 15 is 0 Å². The number of hydrogen-bond acceptors (Lipinski definition) is 5. The molecule has 27 heavy (non-hydrogen) atoms. The van der Waals surface area contributed by atoms with E-state index in [1.54, 1.807) is 29.5 Å². The minimum absolute atomic E-state index is 0.111. The zero-order valence-electron chi connectivity index (χ0n) is 15.0. The van der Waals surface area contributed by atoms with Gasteiger partial charge in [0, 0.05) is 31.8 Å². The van der Waals surface area contributed by atoms with Crippen LogP contribution in [0.1, 0.15) is 34.2 Å². The SMILES string of the molecule is CCOC(=O)c1cn2c3c([nH]c(=O)c2n1)-c1ccc(CN(C)C=O)cc1C3. The van der Waals surface area contributed by atoms with Crippen molar-refractivity contribution in [2.75, 3.05) is 13.7 Å². The van der Waals surface area contributed by atoms with E-state index < -0.39 is 5.97 Å². The van der Waals surface area contributed by atoms with Crippen molar-refractivity contribution in [3.05, 3.63) is 57.3 Å². The lowest BCUT2D eigenvalue weighted by molar-refractivity contribution is -0.117. The number of nitrogens with one attached hydrogen (secondary N) is 1. The van der Waals surface area contributed by atoms with Gasteiger partial charge in [-0.2, -0.15) is 0 Å². The van der Waals surface area contributed by atoms with Crippen LogP contribution < -0.4 is 5.56 Å². The minimum atomic E-state index is -0.552. The van der Waals surface area contributed by atoms with Crippen LogP contribution >= 0.6 is 0 Å². The number of H-pyrrole nitrogens is 1. The molecule has 2 heterocycles. The highest BCUT2D eigenvalue weighted by atomic mass is 16.5. The van der Waals surface area contributed by atoms with Crippen molar-refractivity contribution in [3.63, 3.8) is 0 Å². The number of esters is 1. The smallest absolute Gasteiger partial charge is 0.358 e. The van der Waals surface area contributed by atoms with Gasteiger partial charge in [-0.05, 0) is 18.1 Å². The molecular formula is C19H18N4O4. The van der Waals surface area contributed by atoms with Crippen LogP contribution in [0.5, 0.6) is 0 Å². The molecule has 1 aliphatic rings. The molecule has 1 amide bonds. The summed E-state index contributed by atoms with van der Waals surface area (Å²) in [5, 5.41) is 0. The molecule has 0 spiro atoms. The van der Waals surface area contributed by atoms with Crippen molar-refractivity contribution in [2.45, 2.75) is 19.9 Å². The van der Waals surface area contributed by atoms with E-state index in [2.05, 4.69) is 9.97 Å². The molecule has 0 aliphatic heterocycles. The van der Waals surface area contributed by atoms with Crippen molar-refractivity contribution in [2.24, 2.45) is 0 Å². The number of amides is 1. The van der Waals surface area contributed by atoms with Gasteiger partial charge in [-0.15, -0.1) is 0 Å². The Hall–Kier alpha value is -3.42. The standard InChI is InChI=1S/C19H18N4O4/c1-3-27-19(26)14-9-23-15-7-12-6-11(8-22(2)10-24)4-5-13(12)16(15)21-18(25)17(23)20-14/h4-6,9-10H,3,7-8H2,1-2H3,(H,21,25). The van der Waals surface area contributed by atoms with Gasteiger partial charge in [-0.25, -0.2) is 9.78 Å². The maximum absolute atomic E-state index is 12.5. The summed E-state index contributed by atoms with van der Waals surface area (Å²) in [4.78, 5) is 43.9. The molecule has 3 aromatic rings. The first kappa shape index (κ1) is 17.0. The van der Waals surface area contributed by atoms with Crippen LogP contribution in [0.3, 0.4) is 0 Å². The van der Waals surface area contributed by atoms with Gasteiger partial charge >= 0.3 is 5.97 Å². The van der Waals surface area contributed by atoms with Crippen LogP contribution in [-0.4, -0.2) is 45.3 Å². The van der Waals surface area contributed by atoms with E-state index in [9.17, 15) is 14.4 Å². The molecule has 138 valence electrons. The van der Waals surface area contributed by atoms with Gasteiger partial charge in [0.15, 0.2) is 5.69 Å². The molecular weight excluding hydrogens is 348 g/mol. The molecule has 0 unspecified atom stereocenters. The van der Waals surface area contributed by atoms with Crippen LogP contribution in [0, 0.1) is 0 Å². The van der Waals surface area contributed by atoms with Crippen LogP contribution in [0.25, 0.3) is 16.9 Å². The molecule has 4 rings (SSSR count). The van der Waals surface area contributed by atoms with E-state index in [1.807, 2.05) is 18.2 Å². The molecule has 0 saturated carbocycles. The van der Waals surface area contributed by atoms with Crippen LogP contribution in [-0.2, 0) is 22.5 Å². The number of imidazole rings is 1. The molecule has 1 N–H and O–H groups in total. The second-order valence-electron chi connectivity index (χ2n) is 6.50. The van der Waals surface area contributed by atoms with E-state index in [0.29, 0.717) is 13.0 Å². The summed E-state index contributed by atoms with van der Waals surface area (Å²) < 4.78 is 6.65. The number of rotatable bonds is 5. The summed E-state index contributed by atoms with van der Waals surface area (Å²) in [5.41, 5.74) is 4.51. The van der Waals surface area contributed by atoms with E-state index in [0.717, 1.165) is 34.5 Å². The van der Waals surface area contributed by atoms with Crippen molar-refractivity contribution >= 4 is 18.0 Å². The Morgan fingerprint density at radius 2 is 2.26 bits per heavy atom. The molecule has 1 aromatic carbocycles. The van der Waals surface area contributed by atoms with Crippen LogP contribution in [0.2, 0.25) is 0 Å². The predicted octanol–water partition coefficient (Wildman–Crippen LogP) is 1.36. The highest BCUT2D eigenvalue weighted by molar-refractivity contribution is 5.88. The van der Waals surface area contributed by atoms with E-state index in [1.165, 1.54) is 0 Å². The molecule has 2 aromatic heterocycles. The summed E-state index contributed by atoms with van der Waals surface area (Å²) in [7, 11) is 1.72. The number of carbonyl (C=O) groups excluding carboxylic acids is 2. The monoisotopic (exact) mass is 366 g/mol. The summed E-state index contributed by atoms with van der Waals surface area (Å²) in [6.45, 7) is 2.47. The number of nitrogens with zero attached hydrogens (tertiary/aromatic N) is 3. The third kappa shape index (κ3) is 2.79.